The first kappa shape index (κ1) is 18.4. The van der Waals surface area contributed by atoms with E-state index in [-0.39, 0.29) is 11.3 Å². The van der Waals surface area contributed by atoms with Gasteiger partial charge in [0.05, 0.1) is 16.8 Å². The van der Waals surface area contributed by atoms with Crippen molar-refractivity contribution in [1.29, 1.82) is 0 Å². The van der Waals surface area contributed by atoms with E-state index in [0.29, 0.717) is 18.4 Å². The molecule has 2 rings (SSSR count). The summed E-state index contributed by atoms with van der Waals surface area (Å²) in [6, 6.07) is 3.85. The molecule has 2 atom stereocenters. The Balaban J connectivity index is 1.99. The number of carbonyl (C=O) groups excluding carboxylic acids is 2. The second-order valence-electron chi connectivity index (χ2n) is 6.04. The second-order valence-corrected chi connectivity index (χ2v) is 6.04. The van der Waals surface area contributed by atoms with Crippen molar-refractivity contribution < 1.29 is 24.4 Å². The zero-order valence-electron chi connectivity index (χ0n) is 13.7. The summed E-state index contributed by atoms with van der Waals surface area (Å²) < 4.78 is 0. The number of amides is 2. The molecule has 134 valence electrons. The summed E-state index contributed by atoms with van der Waals surface area (Å²) in [5.41, 5.74) is 4.86. The van der Waals surface area contributed by atoms with E-state index >= 15 is 0 Å². The van der Waals surface area contributed by atoms with E-state index in [9.17, 15) is 29.6 Å². The molecule has 0 unspecified atom stereocenters. The summed E-state index contributed by atoms with van der Waals surface area (Å²) in [5, 5.41) is 20.0. The Hall–Kier alpha value is -2.97. The van der Waals surface area contributed by atoms with E-state index in [1.807, 2.05) is 0 Å². The van der Waals surface area contributed by atoms with Crippen LogP contribution in [-0.2, 0) is 9.59 Å². The normalized spacial score (nSPS) is 19.7. The van der Waals surface area contributed by atoms with Gasteiger partial charge in [0.15, 0.2) is 0 Å². The zero-order chi connectivity index (χ0) is 18.6. The van der Waals surface area contributed by atoms with E-state index in [2.05, 4.69) is 10.9 Å². The number of carbonyl (C=O) groups is 3. The number of hydrogen-bond donors (Lipinski definition) is 3. The lowest BCUT2D eigenvalue weighted by atomic mass is 9.79. The molecule has 9 heteroatoms. The zero-order valence-corrected chi connectivity index (χ0v) is 13.7. The summed E-state index contributed by atoms with van der Waals surface area (Å²) >= 11 is 0. The molecule has 1 saturated carbocycles. The minimum absolute atomic E-state index is 0.105. The van der Waals surface area contributed by atoms with Gasteiger partial charge in [0.1, 0.15) is 0 Å². The number of carboxylic acid groups (broad SMARTS) is 1. The number of aliphatic carboxylic acids is 1. The minimum atomic E-state index is -1.02. The largest absolute Gasteiger partial charge is 0.481 e. The molecule has 1 aliphatic rings. The molecule has 1 aliphatic carbocycles. The average Bonchev–Trinajstić information content (AvgIpc) is 2.58. The lowest BCUT2D eigenvalue weighted by Crippen LogP contribution is -2.47. The van der Waals surface area contributed by atoms with Gasteiger partial charge in [0.25, 0.3) is 11.6 Å². The Labute approximate surface area is 143 Å². The van der Waals surface area contributed by atoms with Gasteiger partial charge in [-0.2, -0.15) is 0 Å². The van der Waals surface area contributed by atoms with Crippen molar-refractivity contribution >= 4 is 23.5 Å². The fourth-order valence-electron chi connectivity index (χ4n) is 3.03. The van der Waals surface area contributed by atoms with Crippen LogP contribution in [0.5, 0.6) is 0 Å². The average molecular weight is 349 g/mol. The molecule has 1 aromatic carbocycles. The molecule has 0 saturated heterocycles. The number of nitrogens with zero attached hydrogens (tertiary/aromatic N) is 1. The Kier molecular flexibility index (Phi) is 5.68. The predicted octanol–water partition coefficient (Wildman–Crippen LogP) is 1.56. The standard InChI is InChI=1S/C16H19N3O6/c1-9-8-10(6-7-13(9)19(24)25)14(20)17-18-15(21)11-4-2-3-5-12(11)16(22)23/h6-8,11-12H,2-5H2,1H3,(H,17,20)(H,18,21)(H,22,23)/t11-,12-/m0/s1. The van der Waals surface area contributed by atoms with Gasteiger partial charge in [-0.25, -0.2) is 0 Å². The summed E-state index contributed by atoms with van der Waals surface area (Å²) in [6.45, 7) is 1.51. The van der Waals surface area contributed by atoms with E-state index in [4.69, 9.17) is 0 Å². The van der Waals surface area contributed by atoms with E-state index in [0.717, 1.165) is 12.8 Å². The van der Waals surface area contributed by atoms with Crippen molar-refractivity contribution in [3.05, 3.63) is 39.4 Å². The second kappa shape index (κ2) is 7.73. The molecule has 9 nitrogen and oxygen atoms in total. The number of hydrazine groups is 1. The summed E-state index contributed by atoms with van der Waals surface area (Å²) in [4.78, 5) is 45.7. The van der Waals surface area contributed by atoms with Gasteiger partial charge >= 0.3 is 5.97 Å². The topological polar surface area (TPSA) is 139 Å². The number of nitrogens with one attached hydrogen (secondary N) is 2. The van der Waals surface area contributed by atoms with E-state index < -0.39 is 34.5 Å². The fourth-order valence-corrected chi connectivity index (χ4v) is 3.03. The molecular weight excluding hydrogens is 330 g/mol. The number of hydrogen-bond acceptors (Lipinski definition) is 5. The fraction of sp³-hybridized carbons (Fsp3) is 0.438. The summed E-state index contributed by atoms with van der Waals surface area (Å²) in [6.07, 6.45) is 2.41. The first-order valence-corrected chi connectivity index (χ1v) is 7.89. The maximum absolute atomic E-state index is 12.2. The molecule has 0 bridgehead atoms. The number of rotatable bonds is 4. The van der Waals surface area contributed by atoms with Crippen molar-refractivity contribution in [3.63, 3.8) is 0 Å². The van der Waals surface area contributed by atoms with Crippen LogP contribution in [0.25, 0.3) is 0 Å². The van der Waals surface area contributed by atoms with Crippen LogP contribution in [-0.4, -0.2) is 27.8 Å². The number of nitro groups is 1. The van der Waals surface area contributed by atoms with Crippen molar-refractivity contribution in [2.45, 2.75) is 32.6 Å². The van der Waals surface area contributed by atoms with Crippen LogP contribution in [0.4, 0.5) is 5.69 Å². The lowest BCUT2D eigenvalue weighted by molar-refractivity contribution is -0.385. The highest BCUT2D eigenvalue weighted by Crippen LogP contribution is 2.30. The number of aryl methyl sites for hydroxylation is 1. The van der Waals surface area contributed by atoms with Gasteiger partial charge in [-0.05, 0) is 31.9 Å². The van der Waals surface area contributed by atoms with Crippen LogP contribution in [0.15, 0.2) is 18.2 Å². The van der Waals surface area contributed by atoms with Crippen molar-refractivity contribution in [2.24, 2.45) is 11.8 Å². The van der Waals surface area contributed by atoms with Gasteiger partial charge in [-0.3, -0.25) is 35.3 Å². The molecule has 1 fully saturated rings. The summed E-state index contributed by atoms with van der Waals surface area (Å²) in [5.74, 6) is -3.64. The molecule has 1 aromatic rings. The van der Waals surface area contributed by atoms with Crippen LogP contribution in [0, 0.1) is 28.9 Å². The van der Waals surface area contributed by atoms with Gasteiger partial charge in [0, 0.05) is 17.2 Å². The van der Waals surface area contributed by atoms with Crippen molar-refractivity contribution in [2.75, 3.05) is 0 Å². The van der Waals surface area contributed by atoms with Gasteiger partial charge in [0.2, 0.25) is 5.91 Å². The third-order valence-electron chi connectivity index (χ3n) is 4.37. The predicted molar refractivity (Wildman–Crippen MR) is 86.5 cm³/mol. The van der Waals surface area contributed by atoms with E-state index in [1.54, 1.807) is 0 Å². The Bertz CT molecular complexity index is 718. The van der Waals surface area contributed by atoms with Crippen molar-refractivity contribution in [1.82, 2.24) is 10.9 Å². The molecule has 0 aromatic heterocycles. The van der Waals surface area contributed by atoms with Gasteiger partial charge in [-0.15, -0.1) is 0 Å². The molecule has 3 N–H and O–H groups in total. The molecule has 2 amide bonds. The van der Waals surface area contributed by atoms with Gasteiger partial charge < -0.3 is 5.11 Å². The number of nitro benzene ring substituents is 1. The Morgan fingerprint density at radius 3 is 2.36 bits per heavy atom. The SMILES string of the molecule is Cc1cc(C(=O)NNC(=O)[C@H]2CCCC[C@@H]2C(=O)O)ccc1[N+](=O)[O-]. The van der Waals surface area contributed by atoms with Crippen molar-refractivity contribution in [3.8, 4) is 0 Å². The molecule has 0 radical (unpaired) electrons. The van der Waals surface area contributed by atoms with Crippen LogP contribution in [0.3, 0.4) is 0 Å². The van der Waals surface area contributed by atoms with E-state index in [1.165, 1.54) is 25.1 Å². The lowest BCUT2D eigenvalue weighted by Gasteiger charge is -2.27. The molecular formula is C16H19N3O6. The Morgan fingerprint density at radius 2 is 1.80 bits per heavy atom. The number of carboxylic acids is 1. The Morgan fingerprint density at radius 1 is 1.16 bits per heavy atom. The summed E-state index contributed by atoms with van der Waals surface area (Å²) in [7, 11) is 0. The third-order valence-corrected chi connectivity index (χ3v) is 4.37. The van der Waals surface area contributed by atoms with Crippen LogP contribution in [0.2, 0.25) is 0 Å². The first-order valence-electron chi connectivity index (χ1n) is 7.89. The highest BCUT2D eigenvalue weighted by molar-refractivity contribution is 5.96. The minimum Gasteiger partial charge on any atom is -0.481 e. The molecule has 0 heterocycles. The van der Waals surface area contributed by atoms with Crippen LogP contribution in [0.1, 0.15) is 41.6 Å². The monoisotopic (exact) mass is 349 g/mol. The third kappa shape index (κ3) is 4.31. The molecule has 0 spiro atoms. The molecule has 25 heavy (non-hydrogen) atoms. The van der Waals surface area contributed by atoms with Gasteiger partial charge in [-0.1, -0.05) is 12.8 Å². The number of benzene rings is 1. The molecule has 0 aliphatic heterocycles. The highest BCUT2D eigenvalue weighted by atomic mass is 16.6. The maximum atomic E-state index is 12.2. The highest BCUT2D eigenvalue weighted by Gasteiger charge is 2.35. The van der Waals surface area contributed by atoms with Crippen LogP contribution >= 0.6 is 0 Å². The smallest absolute Gasteiger partial charge is 0.307 e. The first-order chi connectivity index (χ1) is 11.8. The maximum Gasteiger partial charge on any atom is 0.307 e. The quantitative estimate of drug-likeness (QED) is 0.557. The van der Waals surface area contributed by atoms with Crippen LogP contribution < -0.4 is 10.9 Å².